The van der Waals surface area contributed by atoms with E-state index in [1.165, 1.54) is 0 Å². The van der Waals surface area contributed by atoms with Gasteiger partial charge in [0, 0.05) is 43.5 Å². The van der Waals surface area contributed by atoms with Crippen molar-refractivity contribution in [1.29, 1.82) is 5.26 Å². The van der Waals surface area contributed by atoms with E-state index in [4.69, 9.17) is 5.73 Å². The Balaban J connectivity index is 1.55. The summed E-state index contributed by atoms with van der Waals surface area (Å²) in [7, 11) is 0. The molecule has 2 aliphatic rings. The number of piperidine rings is 1. The van der Waals surface area contributed by atoms with Crippen molar-refractivity contribution in [2.75, 3.05) is 18.0 Å². The molecule has 1 aromatic carbocycles. The average molecular weight is 383 g/mol. The highest BCUT2D eigenvalue weighted by Gasteiger charge is 2.40. The molecule has 28 heavy (non-hydrogen) atoms. The summed E-state index contributed by atoms with van der Waals surface area (Å²) in [5.74, 6) is -0.438. The summed E-state index contributed by atoms with van der Waals surface area (Å²) in [5, 5.41) is 12.7. The summed E-state index contributed by atoms with van der Waals surface area (Å²) in [6.45, 7) is 1.45. The zero-order chi connectivity index (χ0) is 20.0. The fraction of sp³-hybridized carbons (Fsp3) is 0.591. The molecule has 0 radical (unpaired) electrons. The van der Waals surface area contributed by atoms with Crippen molar-refractivity contribution in [3.05, 3.63) is 30.3 Å². The molecule has 1 aliphatic carbocycles. The molecule has 2 fully saturated rings. The monoisotopic (exact) mass is 382 g/mol. The van der Waals surface area contributed by atoms with Gasteiger partial charge in [0.15, 0.2) is 0 Å². The predicted molar refractivity (Wildman–Crippen MR) is 108 cm³/mol. The molecule has 1 aromatic rings. The van der Waals surface area contributed by atoms with Crippen molar-refractivity contribution < 1.29 is 9.59 Å². The Morgan fingerprint density at radius 1 is 1.07 bits per heavy atom. The van der Waals surface area contributed by atoms with E-state index in [-0.39, 0.29) is 18.2 Å². The van der Waals surface area contributed by atoms with Crippen LogP contribution in [0.2, 0.25) is 0 Å². The molecule has 3 N–H and O–H groups in total. The van der Waals surface area contributed by atoms with Crippen molar-refractivity contribution >= 4 is 17.5 Å². The molecule has 6 heteroatoms. The number of carbonyl (C=O) groups is 2. The third-order valence-corrected chi connectivity index (χ3v) is 6.50. The van der Waals surface area contributed by atoms with Gasteiger partial charge in [0.1, 0.15) is 5.54 Å². The zero-order valence-corrected chi connectivity index (χ0v) is 16.5. The summed E-state index contributed by atoms with van der Waals surface area (Å²) in [6.07, 6.45) is 6.54. The highest BCUT2D eigenvalue weighted by molar-refractivity contribution is 5.83. The van der Waals surface area contributed by atoms with E-state index in [0.29, 0.717) is 19.3 Å². The highest BCUT2D eigenvalue weighted by atomic mass is 16.2. The number of hydrogen-bond acceptors (Lipinski definition) is 4. The molecule has 150 valence electrons. The van der Waals surface area contributed by atoms with E-state index in [1.54, 1.807) is 0 Å². The number of amides is 2. The summed E-state index contributed by atoms with van der Waals surface area (Å²) >= 11 is 0. The fourth-order valence-corrected chi connectivity index (χ4v) is 4.58. The molecule has 0 atom stereocenters. The largest absolute Gasteiger partial charge is 0.371 e. The van der Waals surface area contributed by atoms with Crippen LogP contribution in [0.25, 0.3) is 0 Å². The van der Waals surface area contributed by atoms with Crippen molar-refractivity contribution in [3.63, 3.8) is 0 Å². The quantitative estimate of drug-likeness (QED) is 0.790. The molecule has 1 heterocycles. The number of benzene rings is 1. The van der Waals surface area contributed by atoms with Gasteiger partial charge in [0.25, 0.3) is 0 Å². The van der Waals surface area contributed by atoms with E-state index >= 15 is 0 Å². The standard InChI is InChI=1S/C22H30N4O2/c23-17-22(13-15-26(16-14-22)18-7-3-1-4-8-18)25-19(27)9-12-21(20(24)28)10-5-2-6-11-21/h1,3-4,7-8H,2,5-6,9-16H2,(H2,24,28)(H,25,27). The number of primary amides is 1. The van der Waals surface area contributed by atoms with Crippen LogP contribution in [0.1, 0.15) is 57.8 Å². The number of nitrogens with one attached hydrogen (secondary N) is 1. The number of para-hydroxylation sites is 1. The molecule has 3 rings (SSSR count). The number of nitriles is 1. The molecule has 1 aliphatic heterocycles. The minimum Gasteiger partial charge on any atom is -0.371 e. The maximum absolute atomic E-state index is 12.6. The fourth-order valence-electron chi connectivity index (χ4n) is 4.58. The lowest BCUT2D eigenvalue weighted by atomic mass is 9.70. The van der Waals surface area contributed by atoms with E-state index in [0.717, 1.165) is 50.9 Å². The number of nitrogens with zero attached hydrogens (tertiary/aromatic N) is 2. The van der Waals surface area contributed by atoms with Crippen LogP contribution in [0.3, 0.4) is 0 Å². The van der Waals surface area contributed by atoms with Crippen LogP contribution in [-0.4, -0.2) is 30.4 Å². The smallest absolute Gasteiger partial charge is 0.223 e. The zero-order valence-electron chi connectivity index (χ0n) is 16.5. The van der Waals surface area contributed by atoms with Crippen molar-refractivity contribution in [3.8, 4) is 6.07 Å². The summed E-state index contributed by atoms with van der Waals surface area (Å²) in [5.41, 5.74) is 5.43. The summed E-state index contributed by atoms with van der Waals surface area (Å²) < 4.78 is 0. The SMILES string of the molecule is N#CC1(NC(=O)CCC2(C(N)=O)CCCCC2)CCN(c2ccccc2)CC1. The topological polar surface area (TPSA) is 99.2 Å². The van der Waals surface area contributed by atoms with E-state index in [1.807, 2.05) is 18.2 Å². The number of anilines is 1. The molecular formula is C22H30N4O2. The van der Waals surface area contributed by atoms with Crippen LogP contribution in [-0.2, 0) is 9.59 Å². The normalized spacial score (nSPS) is 20.8. The third kappa shape index (κ3) is 4.46. The van der Waals surface area contributed by atoms with E-state index in [9.17, 15) is 14.9 Å². The van der Waals surface area contributed by atoms with Gasteiger partial charge in [-0.15, -0.1) is 0 Å². The van der Waals surface area contributed by atoms with Gasteiger partial charge < -0.3 is 16.0 Å². The Kier molecular flexibility index (Phi) is 6.23. The Hall–Kier alpha value is -2.55. The maximum atomic E-state index is 12.6. The Morgan fingerprint density at radius 2 is 1.71 bits per heavy atom. The molecule has 2 amide bonds. The first-order valence-corrected chi connectivity index (χ1v) is 10.3. The van der Waals surface area contributed by atoms with Crippen LogP contribution in [0.15, 0.2) is 30.3 Å². The third-order valence-electron chi connectivity index (χ3n) is 6.50. The Bertz CT molecular complexity index is 727. The second-order valence-electron chi connectivity index (χ2n) is 8.27. The lowest BCUT2D eigenvalue weighted by Gasteiger charge is -2.39. The van der Waals surface area contributed by atoms with Crippen LogP contribution in [0.5, 0.6) is 0 Å². The second-order valence-corrected chi connectivity index (χ2v) is 8.27. The first-order valence-electron chi connectivity index (χ1n) is 10.3. The molecule has 0 unspecified atom stereocenters. The molecule has 1 saturated carbocycles. The molecular weight excluding hydrogens is 352 g/mol. The maximum Gasteiger partial charge on any atom is 0.223 e. The lowest BCUT2D eigenvalue weighted by Crippen LogP contribution is -2.54. The highest BCUT2D eigenvalue weighted by Crippen LogP contribution is 2.40. The van der Waals surface area contributed by atoms with Gasteiger partial charge in [-0.1, -0.05) is 37.5 Å². The van der Waals surface area contributed by atoms with Gasteiger partial charge in [0.05, 0.1) is 6.07 Å². The van der Waals surface area contributed by atoms with Gasteiger partial charge in [-0.25, -0.2) is 0 Å². The number of hydrogen-bond donors (Lipinski definition) is 2. The van der Waals surface area contributed by atoms with Crippen molar-refractivity contribution in [2.45, 2.75) is 63.3 Å². The first-order chi connectivity index (χ1) is 13.5. The van der Waals surface area contributed by atoms with Crippen LogP contribution in [0, 0.1) is 16.7 Å². The second kappa shape index (κ2) is 8.64. The van der Waals surface area contributed by atoms with Gasteiger partial charge in [-0.3, -0.25) is 9.59 Å². The van der Waals surface area contributed by atoms with Gasteiger partial charge >= 0.3 is 0 Å². The summed E-state index contributed by atoms with van der Waals surface area (Å²) in [6, 6.07) is 12.5. The molecule has 0 spiro atoms. The van der Waals surface area contributed by atoms with Gasteiger partial charge in [0.2, 0.25) is 11.8 Å². The van der Waals surface area contributed by atoms with Crippen LogP contribution in [0.4, 0.5) is 5.69 Å². The predicted octanol–water partition coefficient (Wildman–Crippen LogP) is 2.88. The first kappa shape index (κ1) is 20.2. The molecule has 0 aromatic heterocycles. The van der Waals surface area contributed by atoms with Crippen molar-refractivity contribution in [2.24, 2.45) is 11.1 Å². The summed E-state index contributed by atoms with van der Waals surface area (Å²) in [4.78, 5) is 26.8. The number of rotatable bonds is 6. The Morgan fingerprint density at radius 3 is 2.29 bits per heavy atom. The van der Waals surface area contributed by atoms with E-state index in [2.05, 4.69) is 28.4 Å². The minimum absolute atomic E-state index is 0.152. The van der Waals surface area contributed by atoms with Gasteiger partial charge in [-0.05, 0) is 31.4 Å². The van der Waals surface area contributed by atoms with Crippen molar-refractivity contribution in [1.82, 2.24) is 5.32 Å². The lowest BCUT2D eigenvalue weighted by molar-refractivity contribution is -0.131. The number of carbonyl (C=O) groups excluding carboxylic acids is 2. The average Bonchev–Trinajstić information content (AvgIpc) is 2.74. The Labute approximate surface area is 167 Å². The number of nitrogens with two attached hydrogens (primary N) is 1. The van der Waals surface area contributed by atoms with E-state index < -0.39 is 11.0 Å². The van der Waals surface area contributed by atoms with Gasteiger partial charge in [-0.2, -0.15) is 5.26 Å². The van der Waals surface area contributed by atoms with Crippen LogP contribution < -0.4 is 16.0 Å². The molecule has 0 bridgehead atoms. The van der Waals surface area contributed by atoms with Crippen LogP contribution >= 0.6 is 0 Å². The molecule has 6 nitrogen and oxygen atoms in total. The minimum atomic E-state index is -0.825. The molecule has 1 saturated heterocycles.